The van der Waals surface area contributed by atoms with Gasteiger partial charge in [-0.25, -0.2) is 0 Å². The molecule has 0 amide bonds. The Morgan fingerprint density at radius 1 is 1.00 bits per heavy atom. The van der Waals surface area contributed by atoms with Crippen LogP contribution in [0.3, 0.4) is 0 Å². The zero-order chi connectivity index (χ0) is 20.5. The molecule has 8 nitrogen and oxygen atoms in total. The predicted molar refractivity (Wildman–Crippen MR) is 92.0 cm³/mol. The molecule has 0 aromatic carbocycles. The number of hydrogen-bond acceptors (Lipinski definition) is 8. The average Bonchev–Trinajstić information content (AvgIpc) is 2.56. The van der Waals surface area contributed by atoms with E-state index in [4.69, 9.17) is 14.6 Å². The molecule has 0 saturated heterocycles. The molecule has 0 radical (unpaired) electrons. The van der Waals surface area contributed by atoms with Crippen molar-refractivity contribution in [1.29, 1.82) is 0 Å². The lowest BCUT2D eigenvalue weighted by Gasteiger charge is -2.32. The number of Topliss-reactive ketones (excluding diaryl/α,β-unsaturated/α-hetero) is 1. The number of carbonyl (C=O) groups excluding carboxylic acids is 4. The average molecular weight is 374 g/mol. The Labute approximate surface area is 154 Å². The molecule has 150 valence electrons. The van der Waals surface area contributed by atoms with Gasteiger partial charge in [-0.2, -0.15) is 0 Å². The van der Waals surface area contributed by atoms with Gasteiger partial charge in [0.25, 0.3) is 0 Å². The molecule has 0 aromatic heterocycles. The second kappa shape index (κ2) is 10.3. The Balaban J connectivity index is 4.75. The summed E-state index contributed by atoms with van der Waals surface area (Å²) in [6, 6.07) is 0. The highest BCUT2D eigenvalue weighted by atomic mass is 16.6. The van der Waals surface area contributed by atoms with Gasteiger partial charge in [0, 0.05) is 5.41 Å². The fraction of sp³-hybridized carbons (Fsp3) is 0.778. The van der Waals surface area contributed by atoms with Crippen molar-refractivity contribution in [3.63, 3.8) is 0 Å². The number of rotatable bonds is 11. The SMILES string of the molecule is CCC(COC(=O)CC(=O)OC)OC(=O)C(C)(C)CC(C)(C)C(=O)CO. The zero-order valence-electron chi connectivity index (χ0n) is 16.4. The van der Waals surface area contributed by atoms with Crippen LogP contribution in [-0.4, -0.2) is 55.2 Å². The molecule has 0 spiro atoms. The molecule has 0 bridgehead atoms. The Bertz CT molecular complexity index is 521. The van der Waals surface area contributed by atoms with Crippen LogP contribution in [-0.2, 0) is 33.4 Å². The minimum atomic E-state index is -0.974. The van der Waals surface area contributed by atoms with Crippen LogP contribution in [0.4, 0.5) is 0 Å². The molecule has 0 fully saturated rings. The lowest BCUT2D eigenvalue weighted by atomic mass is 9.73. The van der Waals surface area contributed by atoms with Crippen LogP contribution in [0.2, 0.25) is 0 Å². The number of carbonyl (C=O) groups is 4. The van der Waals surface area contributed by atoms with E-state index in [0.29, 0.717) is 6.42 Å². The van der Waals surface area contributed by atoms with E-state index in [9.17, 15) is 19.2 Å². The first kappa shape index (κ1) is 24.0. The van der Waals surface area contributed by atoms with Crippen molar-refractivity contribution in [3.8, 4) is 0 Å². The monoisotopic (exact) mass is 374 g/mol. The Morgan fingerprint density at radius 2 is 1.58 bits per heavy atom. The van der Waals surface area contributed by atoms with E-state index in [2.05, 4.69) is 4.74 Å². The van der Waals surface area contributed by atoms with E-state index < -0.39 is 47.9 Å². The van der Waals surface area contributed by atoms with Gasteiger partial charge in [-0.15, -0.1) is 0 Å². The third kappa shape index (κ3) is 7.95. The Morgan fingerprint density at radius 3 is 2.04 bits per heavy atom. The van der Waals surface area contributed by atoms with Crippen LogP contribution in [0, 0.1) is 10.8 Å². The van der Waals surface area contributed by atoms with E-state index >= 15 is 0 Å². The first-order chi connectivity index (χ1) is 11.9. The molecule has 0 saturated carbocycles. The summed E-state index contributed by atoms with van der Waals surface area (Å²) < 4.78 is 14.7. The molecule has 1 atom stereocenters. The summed E-state index contributed by atoms with van der Waals surface area (Å²) in [5.41, 5.74) is -1.86. The highest BCUT2D eigenvalue weighted by Gasteiger charge is 2.40. The zero-order valence-corrected chi connectivity index (χ0v) is 16.4. The topological polar surface area (TPSA) is 116 Å². The number of methoxy groups -OCH3 is 1. The van der Waals surface area contributed by atoms with Gasteiger partial charge in [-0.05, 0) is 26.7 Å². The molecule has 1 unspecified atom stereocenters. The predicted octanol–water partition coefficient (Wildman–Crippen LogP) is 1.42. The van der Waals surface area contributed by atoms with Crippen LogP contribution >= 0.6 is 0 Å². The molecule has 0 aromatic rings. The lowest BCUT2D eigenvalue weighted by Crippen LogP contribution is -2.39. The van der Waals surface area contributed by atoms with Gasteiger partial charge in [0.2, 0.25) is 0 Å². The summed E-state index contributed by atoms with van der Waals surface area (Å²) in [6.07, 6.45) is -0.576. The van der Waals surface area contributed by atoms with E-state index in [1.54, 1.807) is 34.6 Å². The lowest BCUT2D eigenvalue weighted by molar-refractivity contribution is -0.169. The summed E-state index contributed by atoms with van der Waals surface area (Å²) in [6.45, 7) is 7.62. The van der Waals surface area contributed by atoms with Gasteiger partial charge in [-0.3, -0.25) is 19.2 Å². The molecule has 0 aliphatic carbocycles. The number of ketones is 1. The molecule has 0 heterocycles. The van der Waals surface area contributed by atoms with Gasteiger partial charge < -0.3 is 19.3 Å². The minimum Gasteiger partial charge on any atom is -0.469 e. The molecular weight excluding hydrogens is 344 g/mol. The Kier molecular flexibility index (Phi) is 9.48. The van der Waals surface area contributed by atoms with Crippen molar-refractivity contribution in [3.05, 3.63) is 0 Å². The van der Waals surface area contributed by atoms with Crippen molar-refractivity contribution in [2.24, 2.45) is 10.8 Å². The summed E-state index contributed by atoms with van der Waals surface area (Å²) in [5.74, 6) is -2.37. The highest BCUT2D eigenvalue weighted by molar-refractivity contribution is 5.91. The maximum absolute atomic E-state index is 12.5. The molecule has 26 heavy (non-hydrogen) atoms. The van der Waals surface area contributed by atoms with E-state index in [1.165, 1.54) is 0 Å². The van der Waals surface area contributed by atoms with E-state index in [1.807, 2.05) is 0 Å². The van der Waals surface area contributed by atoms with Gasteiger partial charge in [-0.1, -0.05) is 20.8 Å². The van der Waals surface area contributed by atoms with Gasteiger partial charge in [0.1, 0.15) is 25.7 Å². The standard InChI is InChI=1S/C18H30O8/c1-7-12(10-25-15(22)8-14(21)24-6)26-16(23)18(4,5)11-17(2,3)13(20)9-19/h12,19H,7-11H2,1-6H3. The maximum Gasteiger partial charge on any atom is 0.317 e. The van der Waals surface area contributed by atoms with Crippen LogP contribution < -0.4 is 0 Å². The van der Waals surface area contributed by atoms with Crippen LogP contribution in [0.15, 0.2) is 0 Å². The number of aliphatic hydroxyl groups is 1. The smallest absolute Gasteiger partial charge is 0.317 e. The quantitative estimate of drug-likeness (QED) is 0.328. The van der Waals surface area contributed by atoms with Gasteiger partial charge in [0.05, 0.1) is 12.5 Å². The molecular formula is C18H30O8. The highest BCUT2D eigenvalue weighted by Crippen LogP contribution is 2.35. The maximum atomic E-state index is 12.5. The van der Waals surface area contributed by atoms with Crippen molar-refractivity contribution in [2.75, 3.05) is 20.3 Å². The molecule has 0 rings (SSSR count). The molecule has 0 aliphatic heterocycles. The van der Waals surface area contributed by atoms with Crippen molar-refractivity contribution >= 4 is 23.7 Å². The second-order valence-corrected chi connectivity index (χ2v) is 7.40. The normalized spacial score (nSPS) is 12.9. The van der Waals surface area contributed by atoms with Crippen LogP contribution in [0.25, 0.3) is 0 Å². The third-order valence-electron chi connectivity index (χ3n) is 4.01. The molecule has 1 N–H and O–H groups in total. The second-order valence-electron chi connectivity index (χ2n) is 7.40. The van der Waals surface area contributed by atoms with Crippen LogP contribution in [0.1, 0.15) is 53.9 Å². The molecule has 8 heteroatoms. The summed E-state index contributed by atoms with van der Waals surface area (Å²) in [7, 11) is 1.16. The minimum absolute atomic E-state index is 0.174. The largest absolute Gasteiger partial charge is 0.469 e. The van der Waals surface area contributed by atoms with Crippen molar-refractivity contribution in [1.82, 2.24) is 0 Å². The fourth-order valence-corrected chi connectivity index (χ4v) is 2.46. The summed E-state index contributed by atoms with van der Waals surface area (Å²) >= 11 is 0. The fourth-order valence-electron chi connectivity index (χ4n) is 2.46. The Hall–Kier alpha value is -1.96. The number of esters is 3. The first-order valence-electron chi connectivity index (χ1n) is 8.47. The van der Waals surface area contributed by atoms with Gasteiger partial charge >= 0.3 is 17.9 Å². The third-order valence-corrected chi connectivity index (χ3v) is 4.01. The molecule has 0 aliphatic rings. The van der Waals surface area contributed by atoms with E-state index in [0.717, 1.165) is 7.11 Å². The summed E-state index contributed by atoms with van der Waals surface area (Å²) in [5, 5.41) is 9.04. The van der Waals surface area contributed by atoms with E-state index in [-0.39, 0.29) is 18.8 Å². The number of hydrogen-bond donors (Lipinski definition) is 1. The van der Waals surface area contributed by atoms with Crippen LogP contribution in [0.5, 0.6) is 0 Å². The van der Waals surface area contributed by atoms with Crippen molar-refractivity contribution < 1.29 is 38.5 Å². The van der Waals surface area contributed by atoms with Crippen molar-refractivity contribution in [2.45, 2.75) is 60.0 Å². The number of ether oxygens (including phenoxy) is 3. The van der Waals surface area contributed by atoms with Gasteiger partial charge in [0.15, 0.2) is 5.78 Å². The number of aliphatic hydroxyl groups excluding tert-OH is 1. The summed E-state index contributed by atoms with van der Waals surface area (Å²) in [4.78, 5) is 46.8. The first-order valence-corrected chi connectivity index (χ1v) is 8.47.